The molecule has 2 heterocycles. The van der Waals surface area contributed by atoms with Crippen molar-refractivity contribution in [1.82, 2.24) is 0 Å². The Kier molecular flexibility index (Phi) is 7.87. The molecule has 2 aliphatic heterocycles. The van der Waals surface area contributed by atoms with Crippen LogP contribution >= 0.6 is 0 Å². The number of fused-ring (bicyclic) bond motifs is 3. The van der Waals surface area contributed by atoms with E-state index in [0.717, 1.165) is 38.9 Å². The summed E-state index contributed by atoms with van der Waals surface area (Å²) >= 11 is 0. The number of hydrogen-bond donors (Lipinski definition) is 1. The molecule has 2 N–H and O–H groups in total. The number of carbonyl (C=O) groups is 1. The Morgan fingerprint density at radius 2 is 1.81 bits per heavy atom. The molecule has 4 aliphatic rings. The van der Waals surface area contributed by atoms with Crippen LogP contribution in [0.25, 0.3) is 0 Å². The van der Waals surface area contributed by atoms with Crippen LogP contribution in [-0.2, 0) is 18.9 Å². The maximum Gasteiger partial charge on any atom is 0.337 e. The SMILES string of the molecule is COC(=O)c1ccc([C@H]2CC[C@H](OC[C@@H](N)[C@@H](C)OCC34CCC(CC3)OC4)CC2)cc1. The van der Waals surface area contributed by atoms with Gasteiger partial charge in [-0.25, -0.2) is 4.79 Å². The van der Waals surface area contributed by atoms with Gasteiger partial charge in [0.25, 0.3) is 0 Å². The van der Waals surface area contributed by atoms with E-state index in [9.17, 15) is 4.79 Å². The second-order valence-corrected chi connectivity index (χ2v) is 10.1. The monoisotopic (exact) mass is 445 g/mol. The van der Waals surface area contributed by atoms with Crippen LogP contribution < -0.4 is 5.73 Å². The molecule has 32 heavy (non-hydrogen) atoms. The van der Waals surface area contributed by atoms with Gasteiger partial charge in [-0.3, -0.25) is 0 Å². The topological polar surface area (TPSA) is 80.0 Å². The summed E-state index contributed by atoms with van der Waals surface area (Å²) in [6, 6.07) is 7.70. The zero-order chi connectivity index (χ0) is 22.6. The lowest BCUT2D eigenvalue weighted by Gasteiger charge is -2.46. The van der Waals surface area contributed by atoms with E-state index in [4.69, 9.17) is 24.7 Å². The van der Waals surface area contributed by atoms with E-state index >= 15 is 0 Å². The third kappa shape index (κ3) is 5.71. The summed E-state index contributed by atoms with van der Waals surface area (Å²) in [5.74, 6) is 0.229. The van der Waals surface area contributed by atoms with Crippen LogP contribution in [0.2, 0.25) is 0 Å². The van der Waals surface area contributed by atoms with Gasteiger partial charge in [-0.2, -0.15) is 0 Å². The first-order valence-electron chi connectivity index (χ1n) is 12.3. The number of rotatable bonds is 9. The molecule has 2 aliphatic carbocycles. The highest BCUT2D eigenvalue weighted by Gasteiger charge is 2.42. The first kappa shape index (κ1) is 23.7. The fourth-order valence-electron chi connectivity index (χ4n) is 5.38. The van der Waals surface area contributed by atoms with Gasteiger partial charge in [-0.15, -0.1) is 0 Å². The number of ether oxygens (including phenoxy) is 4. The zero-order valence-electron chi connectivity index (χ0n) is 19.6. The molecule has 2 atom stereocenters. The lowest BCUT2D eigenvalue weighted by Crippen LogP contribution is -2.47. The van der Waals surface area contributed by atoms with Crippen LogP contribution in [0.1, 0.15) is 80.1 Å². The van der Waals surface area contributed by atoms with Gasteiger partial charge in [0.2, 0.25) is 0 Å². The fourth-order valence-corrected chi connectivity index (χ4v) is 5.38. The van der Waals surface area contributed by atoms with Crippen molar-refractivity contribution >= 4 is 5.97 Å². The number of esters is 1. The molecule has 6 heteroatoms. The molecule has 4 fully saturated rings. The predicted octanol–water partition coefficient (Wildman–Crippen LogP) is 4.21. The highest BCUT2D eigenvalue weighted by atomic mass is 16.5. The Labute approximate surface area is 192 Å². The predicted molar refractivity (Wildman–Crippen MR) is 123 cm³/mol. The molecule has 2 saturated carbocycles. The third-order valence-electron chi connectivity index (χ3n) is 7.88. The second-order valence-electron chi connectivity index (χ2n) is 10.1. The van der Waals surface area contributed by atoms with Crippen molar-refractivity contribution in [2.75, 3.05) is 26.9 Å². The molecule has 0 unspecified atom stereocenters. The van der Waals surface area contributed by atoms with Crippen LogP contribution in [0, 0.1) is 5.41 Å². The van der Waals surface area contributed by atoms with Crippen molar-refractivity contribution in [2.45, 2.75) is 88.6 Å². The molecule has 1 aromatic rings. The summed E-state index contributed by atoms with van der Waals surface area (Å²) in [4.78, 5) is 11.6. The zero-order valence-corrected chi connectivity index (χ0v) is 19.6. The Balaban J connectivity index is 1.15. The van der Waals surface area contributed by atoms with Crippen molar-refractivity contribution in [2.24, 2.45) is 11.1 Å². The van der Waals surface area contributed by atoms with Gasteiger partial charge in [-0.1, -0.05) is 12.1 Å². The smallest absolute Gasteiger partial charge is 0.337 e. The minimum Gasteiger partial charge on any atom is -0.465 e. The summed E-state index contributed by atoms with van der Waals surface area (Å²) in [6.07, 6.45) is 9.75. The van der Waals surface area contributed by atoms with Gasteiger partial charge in [0.1, 0.15) is 0 Å². The van der Waals surface area contributed by atoms with Crippen LogP contribution in [0.4, 0.5) is 0 Å². The number of hydrogen-bond acceptors (Lipinski definition) is 6. The fraction of sp³-hybridized carbons (Fsp3) is 0.731. The van der Waals surface area contributed by atoms with Crippen molar-refractivity contribution in [1.29, 1.82) is 0 Å². The molecule has 0 aromatic heterocycles. The molecule has 6 nitrogen and oxygen atoms in total. The lowest BCUT2D eigenvalue weighted by atomic mass is 9.72. The standard InChI is InChI=1S/C26H39NO5/c1-18(31-16-26-13-11-23(12-14-26)32-17-26)24(27)15-30-22-9-7-20(8-10-22)19-3-5-21(6-4-19)25(28)29-2/h3-6,18,20,22-24H,7-17,27H2,1-2H3/t18-,20-,22-,23?,24-,26?/m1/s1. The van der Waals surface area contributed by atoms with Crippen molar-refractivity contribution < 1.29 is 23.7 Å². The summed E-state index contributed by atoms with van der Waals surface area (Å²) < 4.78 is 23.1. The molecule has 5 rings (SSSR count). The maximum atomic E-state index is 11.6. The number of nitrogens with two attached hydrogens (primary N) is 1. The Bertz CT molecular complexity index is 721. The van der Waals surface area contributed by atoms with Gasteiger partial charge in [-0.05, 0) is 81.9 Å². The minimum atomic E-state index is -0.290. The van der Waals surface area contributed by atoms with E-state index in [1.54, 1.807) is 0 Å². The van der Waals surface area contributed by atoms with E-state index in [0.29, 0.717) is 24.2 Å². The maximum absolute atomic E-state index is 11.6. The lowest BCUT2D eigenvalue weighted by molar-refractivity contribution is -0.151. The highest BCUT2D eigenvalue weighted by Crippen LogP contribution is 2.43. The average molecular weight is 446 g/mol. The van der Waals surface area contributed by atoms with Gasteiger partial charge in [0.15, 0.2) is 0 Å². The molecule has 0 amide bonds. The van der Waals surface area contributed by atoms with Crippen molar-refractivity contribution in [3.05, 3.63) is 35.4 Å². The molecule has 2 saturated heterocycles. The first-order chi connectivity index (χ1) is 15.5. The molecule has 1 aromatic carbocycles. The molecule has 178 valence electrons. The molecule has 2 bridgehead atoms. The van der Waals surface area contributed by atoms with E-state index in [1.165, 1.54) is 38.4 Å². The number of methoxy groups -OCH3 is 1. The molecular weight excluding hydrogens is 406 g/mol. The normalized spacial score (nSPS) is 31.8. The Hall–Kier alpha value is -1.47. The third-order valence-corrected chi connectivity index (χ3v) is 7.88. The minimum absolute atomic E-state index is 0.0197. The largest absolute Gasteiger partial charge is 0.465 e. The summed E-state index contributed by atoms with van der Waals surface area (Å²) in [6.45, 7) is 4.18. The Morgan fingerprint density at radius 1 is 1.12 bits per heavy atom. The highest BCUT2D eigenvalue weighted by molar-refractivity contribution is 5.89. The van der Waals surface area contributed by atoms with Crippen molar-refractivity contribution in [3.8, 4) is 0 Å². The van der Waals surface area contributed by atoms with Crippen LogP contribution in [-0.4, -0.2) is 57.3 Å². The van der Waals surface area contributed by atoms with Crippen molar-refractivity contribution in [3.63, 3.8) is 0 Å². The van der Waals surface area contributed by atoms with E-state index in [2.05, 4.69) is 19.1 Å². The van der Waals surface area contributed by atoms with Crippen LogP contribution in [0.3, 0.4) is 0 Å². The summed E-state index contributed by atoms with van der Waals surface area (Å²) in [7, 11) is 1.41. The van der Waals surface area contributed by atoms with Crippen LogP contribution in [0.15, 0.2) is 24.3 Å². The van der Waals surface area contributed by atoms with E-state index in [-0.39, 0.29) is 29.6 Å². The molecular formula is C26H39NO5. The van der Waals surface area contributed by atoms with Gasteiger partial charge < -0.3 is 24.7 Å². The number of benzene rings is 1. The van der Waals surface area contributed by atoms with E-state index < -0.39 is 0 Å². The molecule has 0 radical (unpaired) electrons. The average Bonchev–Trinajstić information content (AvgIpc) is 2.87. The Morgan fingerprint density at radius 3 is 2.41 bits per heavy atom. The van der Waals surface area contributed by atoms with Gasteiger partial charge in [0.05, 0.1) is 56.8 Å². The number of carbonyl (C=O) groups excluding carboxylic acids is 1. The summed E-state index contributed by atoms with van der Waals surface area (Å²) in [5.41, 5.74) is 8.49. The summed E-state index contributed by atoms with van der Waals surface area (Å²) in [5, 5.41) is 0. The quantitative estimate of drug-likeness (QED) is 0.574. The first-order valence-corrected chi connectivity index (χ1v) is 12.3. The van der Waals surface area contributed by atoms with E-state index in [1.807, 2.05) is 12.1 Å². The second kappa shape index (κ2) is 10.6. The van der Waals surface area contributed by atoms with Gasteiger partial charge >= 0.3 is 5.97 Å². The molecule has 0 spiro atoms. The van der Waals surface area contributed by atoms with Gasteiger partial charge in [0, 0.05) is 5.41 Å². The van der Waals surface area contributed by atoms with Crippen LogP contribution in [0.5, 0.6) is 0 Å².